The molecule has 0 unspecified atom stereocenters. The number of hydrogen-bond donors (Lipinski definition) is 1. The number of carbonyl (C=O) groups excluding carboxylic acids is 1. The van der Waals surface area contributed by atoms with Gasteiger partial charge in [0.05, 0.1) is 0 Å². The van der Waals surface area contributed by atoms with Gasteiger partial charge in [-0.05, 0) is 48.4 Å². The lowest BCUT2D eigenvalue weighted by Gasteiger charge is -2.07. The molecule has 2 rings (SSSR count). The van der Waals surface area contributed by atoms with Gasteiger partial charge in [-0.15, -0.1) is 11.8 Å². The summed E-state index contributed by atoms with van der Waals surface area (Å²) in [6.45, 7) is 0.625. The Labute approximate surface area is 155 Å². The maximum absolute atomic E-state index is 11.8. The van der Waals surface area contributed by atoms with Crippen molar-refractivity contribution in [2.75, 3.05) is 12.3 Å². The highest BCUT2D eigenvalue weighted by atomic mass is 35.5. The molecule has 0 heterocycles. The summed E-state index contributed by atoms with van der Waals surface area (Å²) < 4.78 is 0. The molecule has 0 bridgehead atoms. The molecule has 23 heavy (non-hydrogen) atoms. The fourth-order valence-electron chi connectivity index (χ4n) is 1.95. The van der Waals surface area contributed by atoms with E-state index in [2.05, 4.69) is 5.32 Å². The molecule has 0 aliphatic heterocycles. The molecule has 0 aromatic heterocycles. The molecule has 122 valence electrons. The van der Waals surface area contributed by atoms with E-state index in [4.69, 9.17) is 34.8 Å². The normalized spacial score (nSPS) is 10.6. The van der Waals surface area contributed by atoms with E-state index in [0.29, 0.717) is 29.4 Å². The second-order valence-electron chi connectivity index (χ2n) is 4.89. The molecule has 0 aliphatic rings. The zero-order valence-electron chi connectivity index (χ0n) is 12.3. The molecule has 2 nitrogen and oxygen atoms in total. The Morgan fingerprint density at radius 3 is 2.39 bits per heavy atom. The summed E-state index contributed by atoms with van der Waals surface area (Å²) in [6, 6.07) is 13.0. The number of rotatable bonds is 7. The maximum Gasteiger partial charge on any atom is 0.220 e. The number of nitrogens with one attached hydrogen (secondary N) is 1. The van der Waals surface area contributed by atoms with Crippen LogP contribution in [0.25, 0.3) is 0 Å². The predicted molar refractivity (Wildman–Crippen MR) is 100.0 cm³/mol. The average Bonchev–Trinajstić information content (AvgIpc) is 2.52. The van der Waals surface area contributed by atoms with E-state index in [-0.39, 0.29) is 5.91 Å². The lowest BCUT2D eigenvalue weighted by molar-refractivity contribution is -0.120. The molecule has 0 atom stereocenters. The number of carbonyl (C=O) groups is 1. The van der Waals surface area contributed by atoms with Crippen LogP contribution in [-0.2, 0) is 11.2 Å². The van der Waals surface area contributed by atoms with E-state index in [1.165, 1.54) is 0 Å². The van der Waals surface area contributed by atoms with Crippen molar-refractivity contribution in [1.82, 2.24) is 5.32 Å². The lowest BCUT2D eigenvalue weighted by Crippen LogP contribution is -2.25. The molecule has 2 aromatic carbocycles. The third-order valence-electron chi connectivity index (χ3n) is 3.14. The minimum absolute atomic E-state index is 0.0210. The summed E-state index contributed by atoms with van der Waals surface area (Å²) in [5, 5.41) is 4.84. The highest BCUT2D eigenvalue weighted by molar-refractivity contribution is 7.99. The molecule has 0 saturated carbocycles. The van der Waals surface area contributed by atoms with E-state index in [1.54, 1.807) is 23.9 Å². The summed E-state index contributed by atoms with van der Waals surface area (Å²) in [5.74, 6) is 0.836. The fourth-order valence-corrected chi connectivity index (χ4v) is 3.35. The molecule has 0 fully saturated rings. The maximum atomic E-state index is 11.8. The second kappa shape index (κ2) is 9.43. The van der Waals surface area contributed by atoms with E-state index in [1.807, 2.05) is 30.3 Å². The first-order chi connectivity index (χ1) is 11.0. The quantitative estimate of drug-likeness (QED) is 0.502. The largest absolute Gasteiger partial charge is 0.355 e. The summed E-state index contributed by atoms with van der Waals surface area (Å²) >= 11 is 19.5. The summed E-state index contributed by atoms with van der Waals surface area (Å²) in [7, 11) is 0. The highest BCUT2D eigenvalue weighted by Gasteiger charge is 2.05. The Balaban J connectivity index is 1.66. The molecule has 1 N–H and O–H groups in total. The Bertz CT molecular complexity index is 661. The second-order valence-corrected chi connectivity index (χ2v) is 7.34. The molecule has 0 radical (unpaired) electrons. The van der Waals surface area contributed by atoms with Crippen molar-refractivity contribution < 1.29 is 4.79 Å². The molecule has 0 aliphatic carbocycles. The van der Waals surface area contributed by atoms with Crippen LogP contribution in [0.15, 0.2) is 47.4 Å². The summed E-state index contributed by atoms with van der Waals surface area (Å²) in [6.07, 6.45) is 1.01. The molecule has 6 heteroatoms. The van der Waals surface area contributed by atoms with Gasteiger partial charge in [0.25, 0.3) is 0 Å². The number of thioether (sulfide) groups is 1. The van der Waals surface area contributed by atoms with Crippen LogP contribution >= 0.6 is 46.6 Å². The zero-order valence-corrected chi connectivity index (χ0v) is 15.4. The SMILES string of the molecule is O=C(CCc1ccc(Cl)cc1Cl)NCCSc1ccc(Cl)cc1. The van der Waals surface area contributed by atoms with Crippen LogP contribution in [0.3, 0.4) is 0 Å². The van der Waals surface area contributed by atoms with Crippen molar-refractivity contribution in [3.63, 3.8) is 0 Å². The highest BCUT2D eigenvalue weighted by Crippen LogP contribution is 2.22. The number of hydrogen-bond acceptors (Lipinski definition) is 2. The Kier molecular flexibility index (Phi) is 7.57. The monoisotopic (exact) mass is 387 g/mol. The summed E-state index contributed by atoms with van der Waals surface area (Å²) in [5.41, 5.74) is 0.932. The molecule has 0 saturated heterocycles. The van der Waals surface area contributed by atoms with E-state index in [9.17, 15) is 4.79 Å². The van der Waals surface area contributed by atoms with Crippen LogP contribution in [0, 0.1) is 0 Å². The van der Waals surface area contributed by atoms with Crippen molar-refractivity contribution in [2.24, 2.45) is 0 Å². The first kappa shape index (κ1) is 18.5. The third-order valence-corrected chi connectivity index (χ3v) is 5.00. The smallest absolute Gasteiger partial charge is 0.220 e. The number of aryl methyl sites for hydroxylation is 1. The van der Waals surface area contributed by atoms with Crippen LogP contribution in [-0.4, -0.2) is 18.2 Å². The van der Waals surface area contributed by atoms with E-state index < -0.39 is 0 Å². The molecular formula is C17H16Cl3NOS. The van der Waals surface area contributed by atoms with Crippen LogP contribution in [0.4, 0.5) is 0 Å². The van der Waals surface area contributed by atoms with Gasteiger partial charge in [-0.1, -0.05) is 40.9 Å². The van der Waals surface area contributed by atoms with E-state index in [0.717, 1.165) is 21.2 Å². The standard InChI is InChI=1S/C17H16Cl3NOS/c18-13-4-6-15(7-5-13)23-10-9-21-17(22)8-2-12-1-3-14(19)11-16(12)20/h1,3-7,11H,2,8-10H2,(H,21,22). The van der Waals surface area contributed by atoms with Gasteiger partial charge in [0, 0.05) is 38.7 Å². The van der Waals surface area contributed by atoms with Gasteiger partial charge in [-0.3, -0.25) is 4.79 Å². The third kappa shape index (κ3) is 6.64. The van der Waals surface area contributed by atoms with Crippen molar-refractivity contribution in [3.05, 3.63) is 63.1 Å². The predicted octanol–water partition coefficient (Wildman–Crippen LogP) is 5.49. The Morgan fingerprint density at radius 2 is 1.70 bits per heavy atom. The summed E-state index contributed by atoms with van der Waals surface area (Å²) in [4.78, 5) is 13.0. The van der Waals surface area contributed by atoms with Gasteiger partial charge >= 0.3 is 0 Å². The minimum Gasteiger partial charge on any atom is -0.355 e. The first-order valence-electron chi connectivity index (χ1n) is 7.13. The van der Waals surface area contributed by atoms with Crippen molar-refractivity contribution in [2.45, 2.75) is 17.7 Å². The van der Waals surface area contributed by atoms with Gasteiger partial charge in [0.2, 0.25) is 5.91 Å². The van der Waals surface area contributed by atoms with Crippen LogP contribution < -0.4 is 5.32 Å². The Morgan fingerprint density at radius 1 is 1.00 bits per heavy atom. The molecule has 1 amide bonds. The lowest BCUT2D eigenvalue weighted by atomic mass is 10.1. The minimum atomic E-state index is 0.0210. The fraction of sp³-hybridized carbons (Fsp3) is 0.235. The number of halogens is 3. The number of amides is 1. The van der Waals surface area contributed by atoms with Crippen LogP contribution in [0.5, 0.6) is 0 Å². The molecule has 0 spiro atoms. The first-order valence-corrected chi connectivity index (χ1v) is 9.25. The van der Waals surface area contributed by atoms with Gasteiger partial charge in [-0.25, -0.2) is 0 Å². The van der Waals surface area contributed by atoms with Gasteiger partial charge in [-0.2, -0.15) is 0 Å². The van der Waals surface area contributed by atoms with Gasteiger partial charge in [0.1, 0.15) is 0 Å². The molecular weight excluding hydrogens is 373 g/mol. The Hall–Kier alpha value is -0.870. The van der Waals surface area contributed by atoms with Crippen molar-refractivity contribution in [3.8, 4) is 0 Å². The van der Waals surface area contributed by atoms with Crippen LogP contribution in [0.2, 0.25) is 15.1 Å². The van der Waals surface area contributed by atoms with Gasteiger partial charge < -0.3 is 5.32 Å². The van der Waals surface area contributed by atoms with Crippen LogP contribution in [0.1, 0.15) is 12.0 Å². The van der Waals surface area contributed by atoms with E-state index >= 15 is 0 Å². The zero-order chi connectivity index (χ0) is 16.7. The number of benzene rings is 2. The van der Waals surface area contributed by atoms with Crippen molar-refractivity contribution >= 4 is 52.5 Å². The average molecular weight is 389 g/mol. The topological polar surface area (TPSA) is 29.1 Å². The molecule has 2 aromatic rings. The van der Waals surface area contributed by atoms with Crippen molar-refractivity contribution in [1.29, 1.82) is 0 Å². The van der Waals surface area contributed by atoms with Gasteiger partial charge in [0.15, 0.2) is 0 Å².